The van der Waals surface area contributed by atoms with E-state index in [1.807, 2.05) is 6.07 Å². The number of ether oxygens (including phenoxy) is 1. The van der Waals surface area contributed by atoms with Crippen LogP contribution < -0.4 is 0 Å². The average molecular weight is 229 g/mol. The van der Waals surface area contributed by atoms with E-state index in [-0.39, 0.29) is 6.10 Å². The molecular weight excluding hydrogens is 220 g/mol. The van der Waals surface area contributed by atoms with E-state index in [1.165, 1.54) is 0 Å². The molecule has 0 amide bonds. The van der Waals surface area contributed by atoms with Crippen molar-refractivity contribution in [2.75, 3.05) is 6.61 Å². The molecule has 0 aromatic carbocycles. The molecule has 0 N–H and O–H groups in total. The fourth-order valence-electron chi connectivity index (χ4n) is 1.33. The Balaban J connectivity index is 2.21. The van der Waals surface area contributed by atoms with Crippen molar-refractivity contribution in [1.82, 2.24) is 10.2 Å². The molecule has 1 fully saturated rings. The van der Waals surface area contributed by atoms with Crippen molar-refractivity contribution in [3.8, 4) is 0 Å². The Kier molecular flexibility index (Phi) is 2.37. The van der Waals surface area contributed by atoms with Gasteiger partial charge in [-0.15, -0.1) is 0 Å². The van der Waals surface area contributed by atoms with Gasteiger partial charge in [0.2, 0.25) is 0 Å². The van der Waals surface area contributed by atoms with Gasteiger partial charge in [-0.05, 0) is 34.8 Å². The molecule has 1 saturated heterocycles. The SMILES string of the molecule is Brc1cnnc(C2CCCO2)c1. The minimum absolute atomic E-state index is 0.162. The first-order valence-electron chi connectivity index (χ1n) is 3.96. The van der Waals surface area contributed by atoms with E-state index in [9.17, 15) is 0 Å². The predicted octanol–water partition coefficient (Wildman–Crippen LogP) is 2.09. The monoisotopic (exact) mass is 228 g/mol. The third-order valence-electron chi connectivity index (χ3n) is 1.90. The smallest absolute Gasteiger partial charge is 0.101 e. The van der Waals surface area contributed by atoms with Crippen molar-refractivity contribution in [2.24, 2.45) is 0 Å². The van der Waals surface area contributed by atoms with E-state index < -0.39 is 0 Å². The molecule has 2 rings (SSSR count). The second kappa shape index (κ2) is 3.49. The van der Waals surface area contributed by atoms with E-state index in [0.717, 1.165) is 29.6 Å². The van der Waals surface area contributed by atoms with Crippen molar-refractivity contribution >= 4 is 15.9 Å². The number of hydrogen-bond acceptors (Lipinski definition) is 3. The second-order valence-corrected chi connectivity index (χ2v) is 3.72. The zero-order valence-electron chi connectivity index (χ0n) is 6.53. The van der Waals surface area contributed by atoms with Crippen LogP contribution >= 0.6 is 15.9 Å². The molecule has 1 aliphatic heterocycles. The molecule has 3 nitrogen and oxygen atoms in total. The molecule has 1 aliphatic rings. The van der Waals surface area contributed by atoms with Crippen LogP contribution in [0.5, 0.6) is 0 Å². The number of nitrogens with zero attached hydrogens (tertiary/aromatic N) is 2. The van der Waals surface area contributed by atoms with E-state index in [4.69, 9.17) is 4.74 Å². The normalized spacial score (nSPS) is 22.9. The highest BCUT2D eigenvalue weighted by Gasteiger charge is 2.19. The summed E-state index contributed by atoms with van der Waals surface area (Å²) in [5, 5.41) is 7.87. The molecule has 12 heavy (non-hydrogen) atoms. The Labute approximate surface area is 79.3 Å². The summed E-state index contributed by atoms with van der Waals surface area (Å²) in [5.41, 5.74) is 0.932. The first-order chi connectivity index (χ1) is 5.86. The van der Waals surface area contributed by atoms with Gasteiger partial charge in [0, 0.05) is 11.1 Å². The van der Waals surface area contributed by atoms with Gasteiger partial charge in [-0.25, -0.2) is 0 Å². The molecule has 1 atom stereocenters. The fourth-order valence-corrected chi connectivity index (χ4v) is 1.65. The number of rotatable bonds is 1. The summed E-state index contributed by atoms with van der Waals surface area (Å²) in [6.45, 7) is 0.846. The second-order valence-electron chi connectivity index (χ2n) is 2.80. The standard InChI is InChI=1S/C8H9BrN2O/c9-6-4-7(11-10-5-6)8-2-1-3-12-8/h4-5,8H,1-3H2. The van der Waals surface area contributed by atoms with Gasteiger partial charge in [-0.1, -0.05) is 0 Å². The molecule has 1 aromatic heterocycles. The number of aromatic nitrogens is 2. The van der Waals surface area contributed by atoms with Gasteiger partial charge in [0.15, 0.2) is 0 Å². The van der Waals surface area contributed by atoms with Crippen LogP contribution in [0.1, 0.15) is 24.6 Å². The molecule has 0 radical (unpaired) electrons. The maximum atomic E-state index is 5.47. The lowest BCUT2D eigenvalue weighted by molar-refractivity contribution is 0.108. The van der Waals surface area contributed by atoms with Crippen molar-refractivity contribution in [1.29, 1.82) is 0 Å². The predicted molar refractivity (Wildman–Crippen MR) is 47.7 cm³/mol. The molecule has 0 aliphatic carbocycles. The van der Waals surface area contributed by atoms with Crippen LogP contribution in [0.15, 0.2) is 16.7 Å². The average Bonchev–Trinajstić information content (AvgIpc) is 2.56. The van der Waals surface area contributed by atoms with Crippen LogP contribution in [-0.2, 0) is 4.74 Å². The number of halogens is 1. The zero-order valence-corrected chi connectivity index (χ0v) is 8.12. The summed E-state index contributed by atoms with van der Waals surface area (Å²) in [4.78, 5) is 0. The largest absolute Gasteiger partial charge is 0.372 e. The summed E-state index contributed by atoms with van der Waals surface area (Å²) in [6, 6.07) is 1.96. The lowest BCUT2D eigenvalue weighted by Crippen LogP contribution is -2.00. The lowest BCUT2D eigenvalue weighted by Gasteiger charge is -2.06. The molecule has 2 heterocycles. The van der Waals surface area contributed by atoms with Gasteiger partial charge in [0.25, 0.3) is 0 Å². The molecule has 4 heteroatoms. The maximum absolute atomic E-state index is 5.47. The summed E-state index contributed by atoms with van der Waals surface area (Å²) >= 11 is 3.35. The van der Waals surface area contributed by atoms with Crippen LogP contribution in [-0.4, -0.2) is 16.8 Å². The molecule has 1 unspecified atom stereocenters. The fraction of sp³-hybridized carbons (Fsp3) is 0.500. The highest BCUT2D eigenvalue weighted by molar-refractivity contribution is 9.10. The Morgan fingerprint density at radius 1 is 1.58 bits per heavy atom. The Hall–Kier alpha value is -0.480. The molecule has 1 aromatic rings. The quantitative estimate of drug-likeness (QED) is 0.739. The highest BCUT2D eigenvalue weighted by atomic mass is 79.9. The number of hydrogen-bond donors (Lipinski definition) is 0. The van der Waals surface area contributed by atoms with Gasteiger partial charge >= 0.3 is 0 Å². The zero-order chi connectivity index (χ0) is 8.39. The van der Waals surface area contributed by atoms with E-state index in [1.54, 1.807) is 6.20 Å². The van der Waals surface area contributed by atoms with Crippen molar-refractivity contribution in [3.05, 3.63) is 22.4 Å². The van der Waals surface area contributed by atoms with Gasteiger partial charge in [0.05, 0.1) is 11.9 Å². The van der Waals surface area contributed by atoms with Crippen molar-refractivity contribution in [3.63, 3.8) is 0 Å². The topological polar surface area (TPSA) is 35.0 Å². The Morgan fingerprint density at radius 3 is 3.17 bits per heavy atom. The summed E-state index contributed by atoms with van der Waals surface area (Å²) in [5.74, 6) is 0. The van der Waals surface area contributed by atoms with Gasteiger partial charge in [-0.2, -0.15) is 10.2 Å². The van der Waals surface area contributed by atoms with Crippen LogP contribution in [0.4, 0.5) is 0 Å². The van der Waals surface area contributed by atoms with Crippen LogP contribution in [0.2, 0.25) is 0 Å². The lowest BCUT2D eigenvalue weighted by atomic mass is 10.2. The third kappa shape index (κ3) is 1.64. The third-order valence-corrected chi connectivity index (χ3v) is 2.33. The Morgan fingerprint density at radius 2 is 2.50 bits per heavy atom. The van der Waals surface area contributed by atoms with Crippen LogP contribution in [0.3, 0.4) is 0 Å². The summed E-state index contributed by atoms with van der Waals surface area (Å²) < 4.78 is 6.43. The van der Waals surface area contributed by atoms with Gasteiger partial charge in [-0.3, -0.25) is 0 Å². The van der Waals surface area contributed by atoms with Gasteiger partial charge < -0.3 is 4.74 Å². The van der Waals surface area contributed by atoms with E-state index >= 15 is 0 Å². The minimum Gasteiger partial charge on any atom is -0.372 e. The Bertz CT molecular complexity index is 274. The summed E-state index contributed by atoms with van der Waals surface area (Å²) in [6.07, 6.45) is 4.03. The highest BCUT2D eigenvalue weighted by Crippen LogP contribution is 2.27. The molecule has 64 valence electrons. The minimum atomic E-state index is 0.162. The van der Waals surface area contributed by atoms with E-state index in [0.29, 0.717) is 0 Å². The van der Waals surface area contributed by atoms with Crippen LogP contribution in [0, 0.1) is 0 Å². The summed E-state index contributed by atoms with van der Waals surface area (Å²) in [7, 11) is 0. The van der Waals surface area contributed by atoms with Crippen molar-refractivity contribution in [2.45, 2.75) is 18.9 Å². The molecular formula is C8H9BrN2O. The molecule has 0 saturated carbocycles. The maximum Gasteiger partial charge on any atom is 0.101 e. The van der Waals surface area contributed by atoms with Gasteiger partial charge in [0.1, 0.15) is 6.10 Å². The first kappa shape index (κ1) is 8.13. The van der Waals surface area contributed by atoms with Crippen molar-refractivity contribution < 1.29 is 4.74 Å². The molecule has 0 spiro atoms. The van der Waals surface area contributed by atoms with Crippen LogP contribution in [0.25, 0.3) is 0 Å². The first-order valence-corrected chi connectivity index (χ1v) is 4.75. The van der Waals surface area contributed by atoms with E-state index in [2.05, 4.69) is 26.1 Å². The molecule has 0 bridgehead atoms.